The first-order valence-corrected chi connectivity index (χ1v) is 6.90. The second kappa shape index (κ2) is 6.02. The van der Waals surface area contributed by atoms with Crippen molar-refractivity contribution in [2.45, 2.75) is 26.3 Å². The number of aromatic nitrogens is 2. The molecule has 2 rings (SSSR count). The number of pyridine rings is 1. The molecule has 1 atom stereocenters. The minimum atomic E-state index is -0.326. The summed E-state index contributed by atoms with van der Waals surface area (Å²) < 4.78 is 13.6. The van der Waals surface area contributed by atoms with E-state index >= 15 is 0 Å². The third-order valence-corrected chi connectivity index (χ3v) is 3.49. The molecule has 0 saturated heterocycles. The standard InChI is InChI=1S/C13H16FN3S/c1-3-6-15-9(2)11-8-18-13(17-11)12-10(14)5-4-7-16-12/h4-5,7-9,15H,3,6H2,1-2H3. The summed E-state index contributed by atoms with van der Waals surface area (Å²) in [7, 11) is 0. The van der Waals surface area contributed by atoms with Gasteiger partial charge in [0.1, 0.15) is 10.7 Å². The maximum Gasteiger partial charge on any atom is 0.151 e. The van der Waals surface area contributed by atoms with Crippen LogP contribution in [0, 0.1) is 5.82 Å². The van der Waals surface area contributed by atoms with Crippen molar-refractivity contribution in [1.82, 2.24) is 15.3 Å². The minimum Gasteiger partial charge on any atom is -0.309 e. The lowest BCUT2D eigenvalue weighted by Crippen LogP contribution is -2.19. The third kappa shape index (κ3) is 2.91. The van der Waals surface area contributed by atoms with Crippen molar-refractivity contribution < 1.29 is 4.39 Å². The predicted octanol–water partition coefficient (Wildman–Crippen LogP) is 3.40. The van der Waals surface area contributed by atoms with Crippen molar-refractivity contribution in [3.63, 3.8) is 0 Å². The van der Waals surface area contributed by atoms with E-state index in [0.717, 1.165) is 18.7 Å². The highest BCUT2D eigenvalue weighted by Gasteiger charge is 2.13. The van der Waals surface area contributed by atoms with E-state index in [1.807, 2.05) is 5.38 Å². The van der Waals surface area contributed by atoms with E-state index in [4.69, 9.17) is 0 Å². The van der Waals surface area contributed by atoms with Crippen LogP contribution >= 0.6 is 11.3 Å². The van der Waals surface area contributed by atoms with Gasteiger partial charge in [-0.2, -0.15) is 0 Å². The van der Waals surface area contributed by atoms with Crippen molar-refractivity contribution in [3.05, 3.63) is 35.2 Å². The molecule has 1 N–H and O–H groups in total. The molecule has 2 aromatic rings. The molecule has 0 radical (unpaired) electrons. The van der Waals surface area contributed by atoms with Crippen LogP contribution in [-0.4, -0.2) is 16.5 Å². The first kappa shape index (κ1) is 13.1. The van der Waals surface area contributed by atoms with Gasteiger partial charge in [-0.1, -0.05) is 6.92 Å². The van der Waals surface area contributed by atoms with Crippen LogP contribution in [0.4, 0.5) is 4.39 Å². The first-order chi connectivity index (χ1) is 8.72. The van der Waals surface area contributed by atoms with E-state index in [2.05, 4.69) is 29.1 Å². The first-order valence-electron chi connectivity index (χ1n) is 6.02. The average molecular weight is 265 g/mol. The summed E-state index contributed by atoms with van der Waals surface area (Å²) in [6.45, 7) is 5.13. The van der Waals surface area contributed by atoms with Crippen molar-refractivity contribution in [2.75, 3.05) is 6.54 Å². The maximum absolute atomic E-state index is 13.6. The van der Waals surface area contributed by atoms with E-state index in [0.29, 0.717) is 10.7 Å². The van der Waals surface area contributed by atoms with E-state index in [9.17, 15) is 4.39 Å². The molecular weight excluding hydrogens is 249 g/mol. The third-order valence-electron chi connectivity index (χ3n) is 2.63. The van der Waals surface area contributed by atoms with Gasteiger partial charge in [0.2, 0.25) is 0 Å². The Morgan fingerprint density at radius 1 is 1.50 bits per heavy atom. The maximum atomic E-state index is 13.6. The normalized spacial score (nSPS) is 12.6. The summed E-state index contributed by atoms with van der Waals surface area (Å²) in [6, 6.07) is 3.17. The van der Waals surface area contributed by atoms with Crippen molar-refractivity contribution >= 4 is 11.3 Å². The minimum absolute atomic E-state index is 0.182. The van der Waals surface area contributed by atoms with Crippen LogP contribution in [0.1, 0.15) is 32.0 Å². The zero-order valence-corrected chi connectivity index (χ0v) is 11.3. The molecule has 2 heterocycles. The monoisotopic (exact) mass is 265 g/mol. The van der Waals surface area contributed by atoms with Gasteiger partial charge in [-0.25, -0.2) is 9.37 Å². The summed E-state index contributed by atoms with van der Waals surface area (Å²) >= 11 is 1.42. The van der Waals surface area contributed by atoms with E-state index < -0.39 is 0 Å². The van der Waals surface area contributed by atoms with Crippen LogP contribution in [0.2, 0.25) is 0 Å². The Morgan fingerprint density at radius 3 is 3.06 bits per heavy atom. The Kier molecular flexibility index (Phi) is 4.38. The number of rotatable bonds is 5. The number of hydrogen-bond donors (Lipinski definition) is 1. The molecule has 0 aliphatic heterocycles. The fourth-order valence-electron chi connectivity index (χ4n) is 1.60. The molecule has 0 aliphatic carbocycles. The number of halogens is 1. The summed E-state index contributed by atoms with van der Waals surface area (Å²) in [4.78, 5) is 8.48. The van der Waals surface area contributed by atoms with E-state index in [1.165, 1.54) is 17.4 Å². The number of thiazole rings is 1. The van der Waals surface area contributed by atoms with Gasteiger partial charge in [0.15, 0.2) is 5.82 Å². The van der Waals surface area contributed by atoms with Gasteiger partial charge < -0.3 is 5.32 Å². The Balaban J connectivity index is 2.18. The molecule has 3 nitrogen and oxygen atoms in total. The highest BCUT2D eigenvalue weighted by molar-refractivity contribution is 7.13. The fourth-order valence-corrected chi connectivity index (χ4v) is 2.51. The molecule has 1 unspecified atom stereocenters. The van der Waals surface area contributed by atoms with Gasteiger partial charge in [-0.05, 0) is 32.0 Å². The largest absolute Gasteiger partial charge is 0.309 e. The molecule has 0 saturated carbocycles. The quantitative estimate of drug-likeness (QED) is 0.900. The lowest BCUT2D eigenvalue weighted by molar-refractivity contribution is 0.561. The molecule has 0 aromatic carbocycles. The van der Waals surface area contributed by atoms with Gasteiger partial charge in [-0.15, -0.1) is 11.3 Å². The fraction of sp³-hybridized carbons (Fsp3) is 0.385. The number of nitrogens with zero attached hydrogens (tertiary/aromatic N) is 2. The second-order valence-corrected chi connectivity index (χ2v) is 4.95. The van der Waals surface area contributed by atoms with Crippen molar-refractivity contribution in [3.8, 4) is 10.7 Å². The van der Waals surface area contributed by atoms with Crippen molar-refractivity contribution in [2.24, 2.45) is 0 Å². The summed E-state index contributed by atoms with van der Waals surface area (Å²) in [5.41, 5.74) is 1.27. The molecule has 18 heavy (non-hydrogen) atoms. The van der Waals surface area contributed by atoms with Crippen molar-refractivity contribution in [1.29, 1.82) is 0 Å². The van der Waals surface area contributed by atoms with Gasteiger partial charge in [0, 0.05) is 17.6 Å². The SMILES string of the molecule is CCCNC(C)c1csc(-c2ncccc2F)n1. The van der Waals surface area contributed by atoms with Crippen LogP contribution in [-0.2, 0) is 0 Å². The Hall–Kier alpha value is -1.33. The lowest BCUT2D eigenvalue weighted by atomic mass is 10.2. The van der Waals surface area contributed by atoms with Crippen LogP contribution in [0.25, 0.3) is 10.7 Å². The molecule has 0 spiro atoms. The van der Waals surface area contributed by atoms with Gasteiger partial charge in [0.05, 0.1) is 5.69 Å². The zero-order chi connectivity index (χ0) is 13.0. The molecule has 96 valence electrons. The highest BCUT2D eigenvalue weighted by atomic mass is 32.1. The Labute approximate surface area is 110 Å². The summed E-state index contributed by atoms with van der Waals surface area (Å²) in [5, 5.41) is 5.95. The van der Waals surface area contributed by atoms with Gasteiger partial charge in [0.25, 0.3) is 0 Å². The predicted molar refractivity (Wildman–Crippen MR) is 72.0 cm³/mol. The lowest BCUT2D eigenvalue weighted by Gasteiger charge is -2.09. The summed E-state index contributed by atoms with van der Waals surface area (Å²) in [6.07, 6.45) is 2.66. The number of hydrogen-bond acceptors (Lipinski definition) is 4. The van der Waals surface area contributed by atoms with Gasteiger partial charge >= 0.3 is 0 Å². The molecule has 2 aromatic heterocycles. The van der Waals surface area contributed by atoms with Crippen LogP contribution in [0.3, 0.4) is 0 Å². The number of nitrogens with one attached hydrogen (secondary N) is 1. The van der Waals surface area contributed by atoms with Crippen LogP contribution < -0.4 is 5.32 Å². The molecule has 0 amide bonds. The van der Waals surface area contributed by atoms with E-state index in [-0.39, 0.29) is 11.9 Å². The highest BCUT2D eigenvalue weighted by Crippen LogP contribution is 2.26. The molecule has 0 fully saturated rings. The molecular formula is C13H16FN3S. The topological polar surface area (TPSA) is 37.8 Å². The molecule has 5 heteroatoms. The van der Waals surface area contributed by atoms with Crippen LogP contribution in [0.5, 0.6) is 0 Å². The molecule has 0 bridgehead atoms. The van der Waals surface area contributed by atoms with Crippen LogP contribution in [0.15, 0.2) is 23.7 Å². The zero-order valence-electron chi connectivity index (χ0n) is 10.5. The van der Waals surface area contributed by atoms with E-state index in [1.54, 1.807) is 12.3 Å². The molecule has 0 aliphatic rings. The Morgan fingerprint density at radius 2 is 2.33 bits per heavy atom. The smallest absolute Gasteiger partial charge is 0.151 e. The second-order valence-electron chi connectivity index (χ2n) is 4.09. The Bertz CT molecular complexity index is 512. The summed E-state index contributed by atoms with van der Waals surface area (Å²) in [5.74, 6) is -0.326. The average Bonchev–Trinajstić information content (AvgIpc) is 2.86. The van der Waals surface area contributed by atoms with Gasteiger partial charge in [-0.3, -0.25) is 4.98 Å².